The van der Waals surface area contributed by atoms with E-state index in [-0.39, 0.29) is 23.6 Å². The molecule has 264 valence electrons. The van der Waals surface area contributed by atoms with E-state index in [0.717, 1.165) is 16.9 Å². The van der Waals surface area contributed by atoms with Gasteiger partial charge in [0.1, 0.15) is 4.88 Å². The number of anilines is 2. The molecule has 0 saturated carbocycles. The van der Waals surface area contributed by atoms with E-state index in [1.54, 1.807) is 77.6 Å². The normalized spacial score (nSPS) is 15.1. The van der Waals surface area contributed by atoms with Gasteiger partial charge in [0.25, 0.3) is 5.91 Å². The summed E-state index contributed by atoms with van der Waals surface area (Å²) in [7, 11) is 3.47. The Hall–Kier alpha value is -4.40. The number of thiazole rings is 1. The molecule has 48 heavy (non-hydrogen) atoms. The predicted octanol–water partition coefficient (Wildman–Crippen LogP) is 4.56. The first-order valence-corrected chi connectivity index (χ1v) is 16.7. The van der Waals surface area contributed by atoms with Gasteiger partial charge >= 0.3 is 18.1 Å². The van der Waals surface area contributed by atoms with Crippen molar-refractivity contribution in [3.05, 3.63) is 40.4 Å². The maximum absolute atomic E-state index is 13.6. The van der Waals surface area contributed by atoms with Crippen LogP contribution in [0.15, 0.2) is 24.3 Å². The van der Waals surface area contributed by atoms with Crippen LogP contribution in [0.25, 0.3) is 0 Å². The summed E-state index contributed by atoms with van der Waals surface area (Å²) < 4.78 is 11.1. The lowest BCUT2D eigenvalue weighted by Gasteiger charge is -2.42. The summed E-state index contributed by atoms with van der Waals surface area (Å²) in [5.74, 6) is -2.44. The van der Waals surface area contributed by atoms with E-state index in [2.05, 4.69) is 20.9 Å². The SMILES string of the molecule is CC(=O)Nc1nc(CCc2ccc(NC(OC(N)=O)(OC(=O)NC(C)(C)C)C(C)(C)C)cc2)c(C(=O)N2CCC(C(=O)N(C)C)CC2)s1. The van der Waals surface area contributed by atoms with Crippen LogP contribution in [0.4, 0.5) is 20.4 Å². The highest BCUT2D eigenvalue weighted by molar-refractivity contribution is 7.17. The standard InChI is InChI=1S/C33H49N7O7S/c1-20(41)35-29-36-24(25(48-29)27(43)40-18-16-22(17-19-40)26(42)39(8)9)15-12-21-10-13-23(14-11-21)37-33(31(2,3)4,46-28(34)44)47-30(45)38-32(5,6)7/h10-11,13-14,22,37H,12,15-19H2,1-9H3,(H2,34,44)(H,38,45)(H,35,36,41). The van der Waals surface area contributed by atoms with Gasteiger partial charge in [0.2, 0.25) is 11.8 Å². The molecule has 1 aliphatic heterocycles. The molecule has 0 bridgehead atoms. The molecule has 0 spiro atoms. The molecule has 1 aromatic heterocycles. The molecule has 2 aromatic rings. The van der Waals surface area contributed by atoms with Crippen LogP contribution in [0, 0.1) is 11.3 Å². The Morgan fingerprint density at radius 1 is 0.979 bits per heavy atom. The highest BCUT2D eigenvalue weighted by atomic mass is 32.1. The Morgan fingerprint density at radius 2 is 1.58 bits per heavy atom. The Morgan fingerprint density at radius 3 is 2.08 bits per heavy atom. The molecule has 2 heterocycles. The number of nitrogens with two attached hydrogens (primary N) is 1. The summed E-state index contributed by atoms with van der Waals surface area (Å²) in [4.78, 5) is 70.9. The number of aryl methyl sites for hydroxylation is 2. The van der Waals surface area contributed by atoms with Crippen molar-refractivity contribution in [2.75, 3.05) is 37.8 Å². The van der Waals surface area contributed by atoms with Crippen LogP contribution >= 0.6 is 11.3 Å². The second-order valence-electron chi connectivity index (χ2n) is 14.1. The summed E-state index contributed by atoms with van der Waals surface area (Å²) in [6.45, 7) is 12.9. The monoisotopic (exact) mass is 687 g/mol. The predicted molar refractivity (Wildman–Crippen MR) is 183 cm³/mol. The number of alkyl carbamates (subject to hydrolysis) is 1. The smallest absolute Gasteiger partial charge is 0.387 e. The highest BCUT2D eigenvalue weighted by Gasteiger charge is 2.50. The van der Waals surface area contributed by atoms with E-state index in [0.29, 0.717) is 60.2 Å². The molecule has 1 aromatic carbocycles. The molecule has 1 unspecified atom stereocenters. The van der Waals surface area contributed by atoms with E-state index in [4.69, 9.17) is 15.2 Å². The van der Waals surface area contributed by atoms with Crippen molar-refractivity contribution in [3.63, 3.8) is 0 Å². The van der Waals surface area contributed by atoms with E-state index in [9.17, 15) is 24.0 Å². The zero-order valence-corrected chi connectivity index (χ0v) is 30.1. The van der Waals surface area contributed by atoms with E-state index in [1.165, 1.54) is 6.92 Å². The Balaban J connectivity index is 1.78. The topological polar surface area (TPSA) is 185 Å². The van der Waals surface area contributed by atoms with Crippen molar-refractivity contribution in [1.82, 2.24) is 20.1 Å². The second kappa shape index (κ2) is 15.2. The van der Waals surface area contributed by atoms with Gasteiger partial charge in [-0.3, -0.25) is 14.4 Å². The largest absolute Gasteiger partial charge is 0.412 e. The maximum Gasteiger partial charge on any atom is 0.412 e. The van der Waals surface area contributed by atoms with Gasteiger partial charge in [0.05, 0.1) is 11.1 Å². The van der Waals surface area contributed by atoms with Gasteiger partial charge in [0, 0.05) is 51.3 Å². The third-order valence-electron chi connectivity index (χ3n) is 7.61. The fourth-order valence-corrected chi connectivity index (χ4v) is 6.13. The number of rotatable bonds is 10. The minimum Gasteiger partial charge on any atom is -0.387 e. The van der Waals surface area contributed by atoms with E-state index < -0.39 is 29.1 Å². The minimum atomic E-state index is -1.94. The highest BCUT2D eigenvalue weighted by Crippen LogP contribution is 2.37. The summed E-state index contributed by atoms with van der Waals surface area (Å²) in [6.07, 6.45) is 0.187. The Kier molecular flexibility index (Phi) is 12.1. The number of carbonyl (C=O) groups is 5. The first-order chi connectivity index (χ1) is 22.2. The molecule has 5 amide bonds. The number of piperidine rings is 1. The van der Waals surface area contributed by atoms with Gasteiger partial charge in [-0.05, 0) is 64.2 Å². The van der Waals surface area contributed by atoms with Crippen LogP contribution in [0.1, 0.15) is 82.2 Å². The van der Waals surface area contributed by atoms with Crippen LogP contribution in [0.3, 0.4) is 0 Å². The van der Waals surface area contributed by atoms with E-state index >= 15 is 0 Å². The number of hydrogen-bond donors (Lipinski definition) is 4. The lowest BCUT2D eigenvalue weighted by molar-refractivity contribution is -0.202. The average molecular weight is 688 g/mol. The van der Waals surface area contributed by atoms with E-state index in [1.807, 2.05) is 12.1 Å². The van der Waals surface area contributed by atoms with Gasteiger partial charge in [-0.1, -0.05) is 44.2 Å². The number of primary amides is 1. The number of nitrogens with zero attached hydrogens (tertiary/aromatic N) is 3. The molecular weight excluding hydrogens is 638 g/mol. The number of hydrogen-bond acceptors (Lipinski definition) is 10. The summed E-state index contributed by atoms with van der Waals surface area (Å²) in [5, 5.41) is 8.79. The van der Waals surface area contributed by atoms with Crippen molar-refractivity contribution in [3.8, 4) is 0 Å². The van der Waals surface area contributed by atoms with Crippen molar-refractivity contribution in [1.29, 1.82) is 0 Å². The van der Waals surface area contributed by atoms with Crippen molar-refractivity contribution in [2.45, 2.75) is 85.6 Å². The average Bonchev–Trinajstić information content (AvgIpc) is 3.35. The van der Waals surface area contributed by atoms with Gasteiger partial charge in [0.15, 0.2) is 5.13 Å². The summed E-state index contributed by atoms with van der Waals surface area (Å²) in [6, 6.07) is 7.20. The minimum absolute atomic E-state index is 0.0674. The van der Waals surface area contributed by atoms with Crippen LogP contribution in [0.2, 0.25) is 0 Å². The third-order valence-corrected chi connectivity index (χ3v) is 8.61. The molecular formula is C33H49N7O7S. The number of nitrogens with one attached hydrogen (secondary N) is 3. The number of benzene rings is 1. The first kappa shape index (κ1) is 38.1. The Labute approximate surface area is 286 Å². The van der Waals surface area contributed by atoms with Crippen molar-refractivity contribution < 1.29 is 33.4 Å². The van der Waals surface area contributed by atoms with Crippen molar-refractivity contribution in [2.24, 2.45) is 17.1 Å². The first-order valence-electron chi connectivity index (χ1n) is 15.8. The number of ether oxygens (including phenoxy) is 2. The van der Waals surface area contributed by atoms with Gasteiger partial charge in [-0.15, -0.1) is 0 Å². The lowest BCUT2D eigenvalue weighted by Crippen LogP contribution is -2.59. The fraction of sp³-hybridized carbons (Fsp3) is 0.576. The van der Waals surface area contributed by atoms with Crippen molar-refractivity contribution >= 4 is 52.1 Å². The van der Waals surface area contributed by atoms with Gasteiger partial charge in [-0.25, -0.2) is 14.6 Å². The summed E-state index contributed by atoms with van der Waals surface area (Å²) >= 11 is 1.14. The number of aromatic nitrogens is 1. The number of amides is 5. The zero-order valence-electron chi connectivity index (χ0n) is 29.3. The molecule has 0 radical (unpaired) electrons. The summed E-state index contributed by atoms with van der Waals surface area (Å²) in [5.41, 5.74) is 5.83. The lowest BCUT2D eigenvalue weighted by atomic mass is 9.90. The molecule has 15 heteroatoms. The molecule has 0 aliphatic carbocycles. The quantitative estimate of drug-likeness (QED) is 0.260. The van der Waals surface area contributed by atoms with Crippen LogP contribution in [-0.4, -0.2) is 83.3 Å². The molecule has 14 nitrogen and oxygen atoms in total. The van der Waals surface area contributed by atoms with Crippen LogP contribution in [0.5, 0.6) is 0 Å². The molecule has 3 rings (SSSR count). The Bertz CT molecular complexity index is 1490. The van der Waals surface area contributed by atoms with Crippen LogP contribution < -0.4 is 21.7 Å². The fourth-order valence-electron chi connectivity index (χ4n) is 5.11. The van der Waals surface area contributed by atoms with Gasteiger partial charge < -0.3 is 41.0 Å². The maximum atomic E-state index is 13.6. The molecule has 5 N–H and O–H groups in total. The molecule has 1 aliphatic rings. The second-order valence-corrected chi connectivity index (χ2v) is 15.1. The number of likely N-dealkylation sites (tertiary alicyclic amines) is 1. The molecule has 1 saturated heterocycles. The number of carbonyl (C=O) groups excluding carboxylic acids is 5. The van der Waals surface area contributed by atoms with Crippen LogP contribution in [-0.2, 0) is 31.9 Å². The molecule has 1 fully saturated rings. The third kappa shape index (κ3) is 10.3. The zero-order chi connectivity index (χ0) is 36.0. The molecule has 1 atom stereocenters. The van der Waals surface area contributed by atoms with Gasteiger partial charge in [-0.2, -0.15) is 0 Å².